The van der Waals surface area contributed by atoms with Gasteiger partial charge in [0.25, 0.3) is 0 Å². The monoisotopic (exact) mass is 1250 g/mol. The van der Waals surface area contributed by atoms with Crippen LogP contribution < -0.4 is 24.8 Å². The van der Waals surface area contributed by atoms with Crippen LogP contribution in [0.4, 0.5) is 0 Å². The fraction of sp³-hybridized carbons (Fsp3) is 0.667. The highest BCUT2D eigenvalue weighted by Crippen LogP contribution is 2.58. The molecule has 6 heterocycles. The summed E-state index contributed by atoms with van der Waals surface area (Å²) in [5.74, 6) is 8.60. The van der Waals surface area contributed by atoms with Crippen LogP contribution in [0.15, 0.2) is 54.9 Å². The van der Waals surface area contributed by atoms with Crippen molar-refractivity contribution >= 4 is 38.3 Å². The van der Waals surface area contributed by atoms with Crippen LogP contribution in [0.5, 0.6) is 28.7 Å². The molecule has 4 aromatic rings. The number of aromatic hydroxyl groups is 2. The van der Waals surface area contributed by atoms with E-state index >= 15 is 0 Å². The Kier molecular flexibility index (Phi) is 21.8. The van der Waals surface area contributed by atoms with Crippen molar-refractivity contribution in [3.8, 4) is 40.6 Å². The van der Waals surface area contributed by atoms with Crippen molar-refractivity contribution < 1.29 is 69.3 Å². The standard InChI is InChI=1S/C69H95N3O14S2/c1-42-12-15-47-16-19-57(75)52-32-66(80)71-56(52)11-7-24-83-39-72-36-46-9-6-10-50(54(46)37-72)59(77)33-65-51-31-60(78)62(86-49-18-14-45-35-70-68(20-4-3-5-21-68)22-8-23-69(47,34-42)55(45)29-49)28-44(51)13-17-48(84-40-73)30-58(76)53(61(79)38-87-88-65)25-43-26-63(82-2)67(81)64(27-43)85-41-74/h6,9-10,26-28,31,36-37,42,45,47-49,52-53,55-59,61,65,70,73-79,81H,3-5,7,11-22,24-25,29-30,32-35,38-41H2,1-2H3,(H,71,80)/t42-,45+,47-,48-,49-,52+,53+,55+,56-,57+,58+,59+,61+,65+,69-/m0/s1. The van der Waals surface area contributed by atoms with E-state index in [4.69, 9.17) is 23.7 Å². The lowest BCUT2D eigenvalue weighted by atomic mass is 9.51. The molecular formula is C69H95N3O14S2. The molecule has 2 spiro atoms. The number of aromatic nitrogens is 1. The van der Waals surface area contributed by atoms with Gasteiger partial charge < -0.3 is 79.7 Å². The van der Waals surface area contributed by atoms with E-state index in [2.05, 4.69) is 29.4 Å². The SMILES string of the molecule is COc1cc(C[C@H]2[C@H](O)CSS[C@@H]3C[C@@H](O)c4cccc5cn(cc45)COCCC[C@@H]4NC(=O)C[C@H]4[C@H](O)CC[C@@H]4CC[C@H](C)C[C@@]45C#CCC4(CCCCC4)NC[C@H]4CC[C@@H](C[C@H]45)Oc4cc(c3cc4O)CC[C@H](OCO)C[C@H]2O)cc(OCO)c1O. The first-order valence-corrected chi connectivity index (χ1v) is 35.1. The minimum absolute atomic E-state index is 0.00455. The van der Waals surface area contributed by atoms with Crippen LogP contribution in [-0.4, -0.2) is 133 Å². The van der Waals surface area contributed by atoms with E-state index < -0.39 is 55.3 Å². The number of carbonyl (C=O) groups is 1. The second-order valence-corrected chi connectivity index (χ2v) is 29.6. The predicted molar refractivity (Wildman–Crippen MR) is 340 cm³/mol. The molecule has 3 aromatic carbocycles. The molecule has 19 heteroatoms. The lowest BCUT2D eigenvalue weighted by molar-refractivity contribution is -0.119. The second kappa shape index (κ2) is 29.5. The molecular weight excluding hydrogens is 1160 g/mol. The van der Waals surface area contributed by atoms with Crippen LogP contribution in [0.25, 0.3) is 10.8 Å². The van der Waals surface area contributed by atoms with Crippen molar-refractivity contribution in [2.75, 3.05) is 39.6 Å². The first kappa shape index (κ1) is 65.1. The number of aliphatic hydroxyl groups excluding tert-OH is 6. The highest BCUT2D eigenvalue weighted by Gasteiger charge is 2.53. The molecule has 0 radical (unpaired) electrons. The Morgan fingerprint density at radius 1 is 0.852 bits per heavy atom. The molecule has 8 bridgehead atoms. The average molecular weight is 1250 g/mol. The molecule has 1 saturated heterocycles. The maximum Gasteiger partial charge on any atom is 0.220 e. The number of phenols is 2. The lowest BCUT2D eigenvalue weighted by Gasteiger charge is -2.53. The zero-order valence-electron chi connectivity index (χ0n) is 51.4. The first-order valence-electron chi connectivity index (χ1n) is 32.7. The number of rotatable bonds is 7. The highest BCUT2D eigenvalue weighted by molar-refractivity contribution is 8.76. The van der Waals surface area contributed by atoms with Gasteiger partial charge in [-0.2, -0.15) is 0 Å². The fourth-order valence-corrected chi connectivity index (χ4v) is 19.6. The number of phenolic OH excluding ortho intramolecular Hbond substituents is 2. The average Bonchev–Trinajstić information content (AvgIpc) is 1.22. The van der Waals surface area contributed by atoms with E-state index in [1.54, 1.807) is 18.2 Å². The Balaban J connectivity index is 0.963. The Hall–Kier alpha value is -4.43. The molecule has 0 unspecified atom stereocenters. The van der Waals surface area contributed by atoms with Gasteiger partial charge in [0.1, 0.15) is 13.5 Å². The van der Waals surface area contributed by atoms with Gasteiger partial charge in [0, 0.05) is 77.1 Å². The van der Waals surface area contributed by atoms with Crippen molar-refractivity contribution in [1.82, 2.24) is 15.2 Å². The number of methoxy groups -OCH3 is 1. The number of hydrogen-bond acceptors (Lipinski definition) is 17. The van der Waals surface area contributed by atoms with Gasteiger partial charge in [-0.1, -0.05) is 78.3 Å². The highest BCUT2D eigenvalue weighted by atomic mass is 33.1. The third-order valence-electron chi connectivity index (χ3n) is 21.4. The third kappa shape index (κ3) is 14.9. The summed E-state index contributed by atoms with van der Waals surface area (Å²) < 4.78 is 32.3. The third-order valence-corrected chi connectivity index (χ3v) is 24.2. The van der Waals surface area contributed by atoms with Crippen molar-refractivity contribution in [2.45, 2.75) is 208 Å². The number of amides is 1. The number of ether oxygens (including phenoxy) is 5. The summed E-state index contributed by atoms with van der Waals surface area (Å²) in [6.45, 7) is 2.71. The minimum Gasteiger partial charge on any atom is -0.504 e. The van der Waals surface area contributed by atoms with E-state index in [1.165, 1.54) is 48.0 Å². The topological polar surface area (TPSA) is 254 Å². The van der Waals surface area contributed by atoms with Crippen molar-refractivity contribution in [2.24, 2.45) is 40.9 Å². The number of aryl methyl sites for hydroxylation is 1. The molecule has 1 amide bonds. The molecule has 4 fully saturated rings. The predicted octanol–water partition coefficient (Wildman–Crippen LogP) is 9.89. The number of nitrogens with zero attached hydrogens (tertiary/aromatic N) is 1. The molecule has 17 nitrogen and oxygen atoms in total. The number of aliphatic hydroxyl groups is 6. The molecule has 12 rings (SSSR count). The van der Waals surface area contributed by atoms with E-state index in [0.29, 0.717) is 68.3 Å². The van der Waals surface area contributed by atoms with Crippen LogP contribution in [0, 0.1) is 52.8 Å². The second-order valence-electron chi connectivity index (χ2n) is 27.0. The summed E-state index contributed by atoms with van der Waals surface area (Å²) in [6.07, 6.45) is 15.7. The molecule has 3 saturated carbocycles. The molecule has 10 N–H and O–H groups in total. The molecule has 5 aliphatic heterocycles. The molecule has 482 valence electrons. The van der Waals surface area contributed by atoms with Crippen LogP contribution in [0.2, 0.25) is 0 Å². The van der Waals surface area contributed by atoms with Crippen LogP contribution >= 0.6 is 21.6 Å². The lowest BCUT2D eigenvalue weighted by Crippen LogP contribution is -2.53. The van der Waals surface area contributed by atoms with Gasteiger partial charge in [-0.05, 0) is 185 Å². The zero-order valence-corrected chi connectivity index (χ0v) is 53.0. The van der Waals surface area contributed by atoms with E-state index in [9.17, 15) is 45.6 Å². The quantitative estimate of drug-likeness (QED) is 0.0469. The number of carbonyl (C=O) groups excluding carboxylic acids is 1. The smallest absolute Gasteiger partial charge is 0.220 e. The zero-order chi connectivity index (χ0) is 61.5. The molecule has 15 atom stereocenters. The van der Waals surface area contributed by atoms with Crippen LogP contribution in [0.1, 0.15) is 169 Å². The number of nitrogens with one attached hydrogen (secondary N) is 2. The summed E-state index contributed by atoms with van der Waals surface area (Å²) in [7, 11) is 4.30. The van der Waals surface area contributed by atoms with Crippen LogP contribution in [-0.2, 0) is 33.8 Å². The fourth-order valence-electron chi connectivity index (χ4n) is 16.7. The Labute approximate surface area is 526 Å². The summed E-state index contributed by atoms with van der Waals surface area (Å²) in [5.41, 5.74) is 2.62. The Bertz CT molecular complexity index is 3060. The maximum absolute atomic E-state index is 13.1. The summed E-state index contributed by atoms with van der Waals surface area (Å²) in [4.78, 5) is 13.1. The maximum atomic E-state index is 13.1. The largest absolute Gasteiger partial charge is 0.504 e. The van der Waals surface area contributed by atoms with E-state index in [1.807, 2.05) is 41.2 Å². The van der Waals surface area contributed by atoms with Crippen molar-refractivity contribution in [3.63, 3.8) is 0 Å². The minimum atomic E-state index is -1.13. The molecule has 3 aliphatic carbocycles. The van der Waals surface area contributed by atoms with E-state index in [0.717, 1.165) is 98.2 Å². The van der Waals surface area contributed by atoms with Crippen molar-refractivity contribution in [3.05, 3.63) is 77.1 Å². The Morgan fingerprint density at radius 2 is 1.68 bits per heavy atom. The van der Waals surface area contributed by atoms with Gasteiger partial charge in [-0.15, -0.1) is 5.92 Å². The number of fused-ring (bicyclic) bond motifs is 8. The first-order chi connectivity index (χ1) is 42.6. The van der Waals surface area contributed by atoms with Gasteiger partial charge in [-0.3, -0.25) is 4.79 Å². The van der Waals surface area contributed by atoms with Crippen molar-refractivity contribution in [1.29, 1.82) is 0 Å². The van der Waals surface area contributed by atoms with Gasteiger partial charge in [0.05, 0.1) is 43.7 Å². The summed E-state index contributed by atoms with van der Waals surface area (Å²) in [6, 6.07) is 12.7. The molecule has 8 aliphatic rings. The van der Waals surface area contributed by atoms with Gasteiger partial charge >= 0.3 is 0 Å². The summed E-state index contributed by atoms with van der Waals surface area (Å²) in [5, 5.41) is 101. The number of benzene rings is 3. The van der Waals surface area contributed by atoms with Crippen LogP contribution in [0.3, 0.4) is 0 Å². The van der Waals surface area contributed by atoms with Gasteiger partial charge in [0.2, 0.25) is 11.7 Å². The Morgan fingerprint density at radius 3 is 2.50 bits per heavy atom. The van der Waals surface area contributed by atoms with Gasteiger partial charge in [0.15, 0.2) is 29.8 Å². The molecule has 1 aromatic heterocycles. The van der Waals surface area contributed by atoms with Gasteiger partial charge in [-0.25, -0.2) is 0 Å². The van der Waals surface area contributed by atoms with E-state index in [-0.39, 0.29) is 102 Å². The molecule has 88 heavy (non-hydrogen) atoms. The number of hydrogen-bond donors (Lipinski definition) is 10. The normalized spacial score (nSPS) is 33.7. The summed E-state index contributed by atoms with van der Waals surface area (Å²) >= 11 is 0.